The van der Waals surface area contributed by atoms with E-state index in [0.717, 1.165) is 12.8 Å². The predicted molar refractivity (Wildman–Crippen MR) is 84.1 cm³/mol. The summed E-state index contributed by atoms with van der Waals surface area (Å²) in [5, 5.41) is 12.6. The molecule has 1 aliphatic heterocycles. The van der Waals surface area contributed by atoms with E-state index in [4.69, 9.17) is 4.74 Å². The highest BCUT2D eigenvalue weighted by Gasteiger charge is 2.34. The summed E-state index contributed by atoms with van der Waals surface area (Å²) < 4.78 is 5.37. The van der Waals surface area contributed by atoms with Crippen molar-refractivity contribution in [3.8, 4) is 0 Å². The van der Waals surface area contributed by atoms with Gasteiger partial charge in [0, 0.05) is 25.2 Å². The first-order valence-electron chi connectivity index (χ1n) is 8.13. The second-order valence-corrected chi connectivity index (χ2v) is 6.73. The van der Waals surface area contributed by atoms with E-state index in [0.29, 0.717) is 24.6 Å². The third-order valence-electron chi connectivity index (χ3n) is 4.12. The summed E-state index contributed by atoms with van der Waals surface area (Å²) in [4.78, 5) is 14.5. The van der Waals surface area contributed by atoms with E-state index in [-0.39, 0.29) is 25.1 Å². The van der Waals surface area contributed by atoms with E-state index in [1.54, 1.807) is 0 Å². The summed E-state index contributed by atoms with van der Waals surface area (Å²) >= 11 is 0. The average Bonchev–Trinajstić information content (AvgIpc) is 2.74. The molecular weight excluding hydrogens is 268 g/mol. The second-order valence-electron chi connectivity index (χ2n) is 6.73. The molecule has 1 heterocycles. The Morgan fingerprint density at radius 2 is 1.81 bits per heavy atom. The van der Waals surface area contributed by atoms with Crippen molar-refractivity contribution in [2.24, 2.45) is 5.92 Å². The van der Waals surface area contributed by atoms with E-state index in [1.165, 1.54) is 0 Å². The van der Waals surface area contributed by atoms with Gasteiger partial charge >= 0.3 is 0 Å². The number of hydrogen-bond acceptors (Lipinski definition) is 4. The maximum Gasteiger partial charge on any atom is 0.237 e. The quantitative estimate of drug-likeness (QED) is 0.711. The number of aliphatic hydroxyl groups is 1. The molecule has 2 N–H and O–H groups in total. The van der Waals surface area contributed by atoms with Crippen LogP contribution in [-0.2, 0) is 9.53 Å². The number of hydrogen-bond donors (Lipinski definition) is 2. The first-order valence-corrected chi connectivity index (χ1v) is 8.13. The molecule has 0 saturated carbocycles. The topological polar surface area (TPSA) is 61.8 Å². The van der Waals surface area contributed by atoms with Crippen LogP contribution >= 0.6 is 0 Å². The largest absolute Gasteiger partial charge is 0.389 e. The third kappa shape index (κ3) is 5.93. The van der Waals surface area contributed by atoms with Gasteiger partial charge in [0.2, 0.25) is 5.91 Å². The molecule has 5 nitrogen and oxygen atoms in total. The van der Waals surface area contributed by atoms with Crippen LogP contribution in [0.2, 0.25) is 0 Å². The van der Waals surface area contributed by atoms with Crippen molar-refractivity contribution >= 4 is 5.91 Å². The summed E-state index contributed by atoms with van der Waals surface area (Å²) in [6.45, 7) is 11.5. The van der Waals surface area contributed by atoms with Crippen LogP contribution in [-0.4, -0.2) is 59.9 Å². The molecule has 1 saturated heterocycles. The molecule has 124 valence electrons. The minimum Gasteiger partial charge on any atom is -0.389 e. The molecule has 0 spiro atoms. The summed E-state index contributed by atoms with van der Waals surface area (Å²) in [5.41, 5.74) is 0. The normalized spacial score (nSPS) is 26.0. The van der Waals surface area contributed by atoms with E-state index in [9.17, 15) is 9.90 Å². The zero-order chi connectivity index (χ0) is 16.0. The van der Waals surface area contributed by atoms with Crippen molar-refractivity contribution in [2.75, 3.05) is 19.8 Å². The summed E-state index contributed by atoms with van der Waals surface area (Å²) in [6, 6.07) is 0.737. The van der Waals surface area contributed by atoms with Crippen LogP contribution in [0.3, 0.4) is 0 Å². The van der Waals surface area contributed by atoms with Crippen LogP contribution in [0.1, 0.15) is 47.5 Å². The van der Waals surface area contributed by atoms with Crippen molar-refractivity contribution in [1.82, 2.24) is 10.2 Å². The summed E-state index contributed by atoms with van der Waals surface area (Å²) in [5.74, 6) is 0.434. The first-order chi connectivity index (χ1) is 9.82. The fraction of sp³-hybridized carbons (Fsp3) is 0.938. The summed E-state index contributed by atoms with van der Waals surface area (Å²) in [7, 11) is 0. The van der Waals surface area contributed by atoms with Gasteiger partial charge in [0.15, 0.2) is 0 Å². The van der Waals surface area contributed by atoms with Gasteiger partial charge in [-0.05, 0) is 39.5 Å². The van der Waals surface area contributed by atoms with Crippen LogP contribution in [0.25, 0.3) is 0 Å². The molecule has 0 aromatic carbocycles. The van der Waals surface area contributed by atoms with Gasteiger partial charge in [-0.1, -0.05) is 13.8 Å². The van der Waals surface area contributed by atoms with Gasteiger partial charge in [-0.15, -0.1) is 0 Å². The molecule has 1 fully saturated rings. The summed E-state index contributed by atoms with van der Waals surface area (Å²) in [6.07, 6.45) is 1.64. The molecule has 5 heteroatoms. The number of amides is 1. The monoisotopic (exact) mass is 300 g/mol. The molecule has 4 atom stereocenters. The number of nitrogens with one attached hydrogen (secondary N) is 1. The Kier molecular flexibility index (Phi) is 7.63. The van der Waals surface area contributed by atoms with Gasteiger partial charge in [-0.2, -0.15) is 0 Å². The molecule has 1 rings (SSSR count). The number of nitrogens with zero attached hydrogens (tertiary/aromatic N) is 1. The molecule has 0 aromatic rings. The maximum atomic E-state index is 12.2. The fourth-order valence-corrected chi connectivity index (χ4v) is 2.98. The van der Waals surface area contributed by atoms with E-state index in [1.807, 2.05) is 6.92 Å². The van der Waals surface area contributed by atoms with E-state index >= 15 is 0 Å². The smallest absolute Gasteiger partial charge is 0.237 e. The number of carbonyl (C=O) groups excluding carboxylic acids is 1. The van der Waals surface area contributed by atoms with Crippen molar-refractivity contribution in [3.63, 3.8) is 0 Å². The molecule has 1 aliphatic rings. The van der Waals surface area contributed by atoms with Crippen molar-refractivity contribution in [2.45, 2.75) is 71.7 Å². The highest BCUT2D eigenvalue weighted by molar-refractivity contribution is 5.81. The number of ether oxygens (including phenoxy) is 1. The Morgan fingerprint density at radius 1 is 1.24 bits per heavy atom. The molecule has 0 radical (unpaired) electrons. The van der Waals surface area contributed by atoms with Gasteiger partial charge in [-0.3, -0.25) is 9.69 Å². The molecule has 1 amide bonds. The predicted octanol–water partition coefficient (Wildman–Crippen LogP) is 1.40. The number of likely N-dealkylation sites (tertiary alicyclic amines) is 1. The average molecular weight is 300 g/mol. The molecule has 4 unspecified atom stereocenters. The Labute approximate surface area is 129 Å². The first kappa shape index (κ1) is 18.4. The van der Waals surface area contributed by atoms with Gasteiger partial charge in [0.1, 0.15) is 0 Å². The van der Waals surface area contributed by atoms with E-state index < -0.39 is 6.10 Å². The highest BCUT2D eigenvalue weighted by atomic mass is 16.5. The van der Waals surface area contributed by atoms with E-state index in [2.05, 4.69) is 37.9 Å². The fourth-order valence-electron chi connectivity index (χ4n) is 2.98. The van der Waals surface area contributed by atoms with Crippen LogP contribution in [0, 0.1) is 5.92 Å². The molecule has 0 aliphatic carbocycles. The van der Waals surface area contributed by atoms with Crippen LogP contribution < -0.4 is 5.32 Å². The zero-order valence-corrected chi connectivity index (χ0v) is 14.1. The second kappa shape index (κ2) is 8.71. The van der Waals surface area contributed by atoms with Crippen LogP contribution in [0.5, 0.6) is 0 Å². The Bertz CT molecular complexity index is 313. The minimum absolute atomic E-state index is 0.0153. The Morgan fingerprint density at radius 3 is 2.33 bits per heavy atom. The van der Waals surface area contributed by atoms with Gasteiger partial charge < -0.3 is 15.2 Å². The van der Waals surface area contributed by atoms with Crippen LogP contribution in [0.4, 0.5) is 0 Å². The Balaban J connectivity index is 2.29. The molecule has 0 bridgehead atoms. The van der Waals surface area contributed by atoms with Crippen LogP contribution in [0.15, 0.2) is 0 Å². The molecule has 0 aromatic heterocycles. The van der Waals surface area contributed by atoms with Gasteiger partial charge in [0.25, 0.3) is 0 Å². The van der Waals surface area contributed by atoms with Crippen molar-refractivity contribution in [1.29, 1.82) is 0 Å². The zero-order valence-electron chi connectivity index (χ0n) is 14.1. The lowest BCUT2D eigenvalue weighted by Crippen LogP contribution is -2.50. The lowest BCUT2D eigenvalue weighted by molar-refractivity contribution is -0.127. The lowest BCUT2D eigenvalue weighted by atomic mass is 10.2. The van der Waals surface area contributed by atoms with Crippen molar-refractivity contribution < 1.29 is 14.6 Å². The highest BCUT2D eigenvalue weighted by Crippen LogP contribution is 2.25. The molecular formula is C16H32N2O3. The third-order valence-corrected chi connectivity index (χ3v) is 4.12. The number of carbonyl (C=O) groups is 1. The van der Waals surface area contributed by atoms with Gasteiger partial charge in [-0.25, -0.2) is 0 Å². The maximum absolute atomic E-state index is 12.2. The molecule has 21 heavy (non-hydrogen) atoms. The minimum atomic E-state index is -0.645. The number of rotatable bonds is 8. The van der Waals surface area contributed by atoms with Gasteiger partial charge in [0.05, 0.1) is 18.8 Å². The lowest BCUT2D eigenvalue weighted by Gasteiger charge is -2.31. The Hall–Kier alpha value is -0.650. The SMILES string of the molecule is CC(C)COCC(O)CNC(=O)C(C)N1C(C)CCC1C. The van der Waals surface area contributed by atoms with Crippen molar-refractivity contribution in [3.05, 3.63) is 0 Å². The number of aliphatic hydroxyl groups excluding tert-OH is 1. The standard InChI is InChI=1S/C16H32N2O3/c1-11(2)9-21-10-15(19)8-17-16(20)14(5)18-12(3)6-7-13(18)4/h11-15,19H,6-10H2,1-5H3,(H,17,20).